The van der Waals surface area contributed by atoms with Crippen molar-refractivity contribution < 1.29 is 9.57 Å². The van der Waals surface area contributed by atoms with Crippen LogP contribution in [0.25, 0.3) is 0 Å². The van der Waals surface area contributed by atoms with Crippen molar-refractivity contribution in [2.75, 3.05) is 0 Å². The van der Waals surface area contributed by atoms with Crippen LogP contribution in [-0.2, 0) is 11.4 Å². The van der Waals surface area contributed by atoms with Crippen molar-refractivity contribution in [2.45, 2.75) is 25.7 Å². The Balaban J connectivity index is 1.68. The van der Waals surface area contributed by atoms with Gasteiger partial charge in [-0.25, -0.2) is 4.98 Å². The number of hydrogen-bond donors (Lipinski definition) is 0. The van der Waals surface area contributed by atoms with Crippen LogP contribution in [0, 0.1) is 0 Å². The van der Waals surface area contributed by atoms with E-state index in [0.717, 1.165) is 16.8 Å². The Morgan fingerprint density at radius 2 is 1.93 bits per heavy atom. The molecule has 3 aromatic rings. The minimum Gasteiger partial charge on any atom is -0.487 e. The molecular weight excluding hydrogens is 421 g/mol. The van der Waals surface area contributed by atoms with Gasteiger partial charge in [0.05, 0.1) is 6.33 Å². The van der Waals surface area contributed by atoms with Gasteiger partial charge >= 0.3 is 0 Å². The molecule has 28 heavy (non-hydrogen) atoms. The van der Waals surface area contributed by atoms with Gasteiger partial charge in [-0.05, 0) is 37.3 Å². The predicted octanol–water partition coefficient (Wildman–Crippen LogP) is 5.79. The molecular formula is C20H16Cl3N3O2. The van der Waals surface area contributed by atoms with E-state index in [9.17, 15) is 0 Å². The molecule has 1 aliphatic rings. The number of benzene rings is 2. The number of hydrogen-bond acceptors (Lipinski definition) is 4. The molecule has 0 saturated carbocycles. The van der Waals surface area contributed by atoms with E-state index in [4.69, 9.17) is 44.4 Å². The van der Waals surface area contributed by atoms with Crippen LogP contribution >= 0.6 is 34.8 Å². The summed E-state index contributed by atoms with van der Waals surface area (Å²) in [4.78, 5) is 9.83. The van der Waals surface area contributed by atoms with E-state index >= 15 is 0 Å². The SMILES string of the molecule is CC1Oc2cc(Cl)ccc2/C(=N/OCc2ccc(Cl)cc2Cl)C1n1ccnc1. The Bertz CT molecular complexity index is 1020. The summed E-state index contributed by atoms with van der Waals surface area (Å²) < 4.78 is 8.02. The van der Waals surface area contributed by atoms with E-state index in [1.165, 1.54) is 0 Å². The van der Waals surface area contributed by atoms with Crippen LogP contribution in [-0.4, -0.2) is 21.4 Å². The maximum Gasteiger partial charge on any atom is 0.143 e. The molecule has 0 fully saturated rings. The lowest BCUT2D eigenvalue weighted by Gasteiger charge is -2.33. The normalized spacial score (nSPS) is 19.9. The van der Waals surface area contributed by atoms with E-state index in [1.807, 2.05) is 29.8 Å². The minimum atomic E-state index is -0.197. The van der Waals surface area contributed by atoms with Gasteiger partial charge in [0.25, 0.3) is 0 Å². The number of imidazole rings is 1. The van der Waals surface area contributed by atoms with Gasteiger partial charge in [0.1, 0.15) is 30.2 Å². The second-order valence-electron chi connectivity index (χ2n) is 6.40. The number of rotatable bonds is 4. The molecule has 0 radical (unpaired) electrons. The maximum absolute atomic E-state index is 6.22. The highest BCUT2D eigenvalue weighted by Crippen LogP contribution is 2.36. The van der Waals surface area contributed by atoms with E-state index < -0.39 is 0 Å². The number of nitrogens with zero attached hydrogens (tertiary/aromatic N) is 3. The summed E-state index contributed by atoms with van der Waals surface area (Å²) in [6.07, 6.45) is 5.13. The van der Waals surface area contributed by atoms with Crippen molar-refractivity contribution in [1.29, 1.82) is 0 Å². The van der Waals surface area contributed by atoms with Gasteiger partial charge in [0, 0.05) is 38.6 Å². The highest BCUT2D eigenvalue weighted by Gasteiger charge is 2.35. The molecule has 0 bridgehead atoms. The van der Waals surface area contributed by atoms with Crippen molar-refractivity contribution in [3.05, 3.63) is 81.3 Å². The molecule has 8 heteroatoms. The lowest BCUT2D eigenvalue weighted by molar-refractivity contribution is 0.122. The average Bonchev–Trinajstić information content (AvgIpc) is 3.17. The fraction of sp³-hybridized carbons (Fsp3) is 0.200. The lowest BCUT2D eigenvalue weighted by atomic mass is 9.95. The molecule has 0 N–H and O–H groups in total. The Morgan fingerprint density at radius 3 is 2.68 bits per heavy atom. The maximum atomic E-state index is 6.22. The molecule has 2 aromatic carbocycles. The average molecular weight is 437 g/mol. The van der Waals surface area contributed by atoms with Gasteiger partial charge < -0.3 is 14.1 Å². The zero-order chi connectivity index (χ0) is 19.7. The molecule has 4 rings (SSSR count). The fourth-order valence-electron chi connectivity index (χ4n) is 3.18. The smallest absolute Gasteiger partial charge is 0.143 e. The Morgan fingerprint density at radius 1 is 1.14 bits per heavy atom. The molecule has 1 aromatic heterocycles. The van der Waals surface area contributed by atoms with Crippen molar-refractivity contribution in [1.82, 2.24) is 9.55 Å². The molecule has 2 heterocycles. The number of fused-ring (bicyclic) bond motifs is 1. The Labute approximate surface area is 177 Å². The summed E-state index contributed by atoms with van der Waals surface area (Å²) in [6.45, 7) is 2.19. The number of aromatic nitrogens is 2. The monoisotopic (exact) mass is 435 g/mol. The first kappa shape index (κ1) is 19.1. The third-order valence-corrected chi connectivity index (χ3v) is 5.32. The number of ether oxygens (including phenoxy) is 1. The molecule has 0 amide bonds. The topological polar surface area (TPSA) is 48.6 Å². The van der Waals surface area contributed by atoms with Crippen LogP contribution in [0.4, 0.5) is 0 Å². The van der Waals surface area contributed by atoms with Crippen molar-refractivity contribution >= 4 is 40.5 Å². The highest BCUT2D eigenvalue weighted by atomic mass is 35.5. The van der Waals surface area contributed by atoms with Crippen LogP contribution in [0.2, 0.25) is 15.1 Å². The largest absolute Gasteiger partial charge is 0.487 e. The summed E-state index contributed by atoms with van der Waals surface area (Å²) in [5.41, 5.74) is 2.35. The summed E-state index contributed by atoms with van der Waals surface area (Å²) in [5, 5.41) is 6.16. The molecule has 1 aliphatic heterocycles. The van der Waals surface area contributed by atoms with E-state index in [-0.39, 0.29) is 18.8 Å². The van der Waals surface area contributed by atoms with Crippen LogP contribution < -0.4 is 4.74 Å². The fourth-order valence-corrected chi connectivity index (χ4v) is 3.81. The molecule has 0 saturated heterocycles. The predicted molar refractivity (Wildman–Crippen MR) is 111 cm³/mol. The molecule has 144 valence electrons. The first-order valence-corrected chi connectivity index (χ1v) is 9.74. The molecule has 2 unspecified atom stereocenters. The van der Waals surface area contributed by atoms with Gasteiger partial charge in [-0.2, -0.15) is 0 Å². The van der Waals surface area contributed by atoms with Crippen LogP contribution in [0.5, 0.6) is 5.75 Å². The number of oxime groups is 1. The van der Waals surface area contributed by atoms with E-state index in [0.29, 0.717) is 20.8 Å². The molecule has 2 atom stereocenters. The summed E-state index contributed by atoms with van der Waals surface area (Å²) in [5.74, 6) is 0.670. The van der Waals surface area contributed by atoms with Crippen molar-refractivity contribution in [3.8, 4) is 5.75 Å². The van der Waals surface area contributed by atoms with Gasteiger partial charge in [-0.3, -0.25) is 0 Å². The van der Waals surface area contributed by atoms with Crippen molar-refractivity contribution in [2.24, 2.45) is 5.16 Å². The number of halogens is 3. The third kappa shape index (κ3) is 3.83. The first-order valence-electron chi connectivity index (χ1n) is 8.60. The first-order chi connectivity index (χ1) is 13.5. The summed E-state index contributed by atoms with van der Waals surface area (Å²) >= 11 is 18.3. The molecule has 0 spiro atoms. The van der Waals surface area contributed by atoms with Gasteiger partial charge in [-0.1, -0.05) is 46.0 Å². The van der Waals surface area contributed by atoms with Crippen LogP contribution in [0.15, 0.2) is 60.3 Å². The summed E-state index contributed by atoms with van der Waals surface area (Å²) in [7, 11) is 0. The van der Waals surface area contributed by atoms with Gasteiger partial charge in [0.2, 0.25) is 0 Å². The Kier molecular flexibility index (Phi) is 5.49. The summed E-state index contributed by atoms with van der Waals surface area (Å²) in [6, 6.07) is 10.5. The van der Waals surface area contributed by atoms with E-state index in [1.54, 1.807) is 36.8 Å². The zero-order valence-electron chi connectivity index (χ0n) is 14.8. The van der Waals surface area contributed by atoms with Crippen LogP contribution in [0.3, 0.4) is 0 Å². The second kappa shape index (κ2) is 8.03. The second-order valence-corrected chi connectivity index (χ2v) is 7.68. The highest BCUT2D eigenvalue weighted by molar-refractivity contribution is 6.35. The molecule has 5 nitrogen and oxygen atoms in total. The van der Waals surface area contributed by atoms with Gasteiger partial charge in [0.15, 0.2) is 0 Å². The zero-order valence-corrected chi connectivity index (χ0v) is 17.1. The molecule has 0 aliphatic carbocycles. The third-order valence-electron chi connectivity index (χ3n) is 4.50. The van der Waals surface area contributed by atoms with Crippen molar-refractivity contribution in [3.63, 3.8) is 0 Å². The quantitative estimate of drug-likeness (QED) is 0.487. The Hall–Kier alpha value is -2.21. The standard InChI is InChI=1S/C20H16Cl3N3O2/c1-12-20(26-7-6-24-11-26)19(16-5-4-15(22)9-18(16)28-12)25-27-10-13-2-3-14(21)8-17(13)23/h2-9,11-12,20H,10H2,1H3/b25-19-. The van der Waals surface area contributed by atoms with Gasteiger partial charge in [-0.15, -0.1) is 0 Å². The minimum absolute atomic E-state index is 0.193. The van der Waals surface area contributed by atoms with Crippen LogP contribution in [0.1, 0.15) is 24.1 Å². The van der Waals surface area contributed by atoms with E-state index in [2.05, 4.69) is 10.1 Å². The lowest BCUT2D eigenvalue weighted by Crippen LogP contribution is -2.37.